The molecule has 0 amide bonds. The van der Waals surface area contributed by atoms with Gasteiger partial charge in [-0.25, -0.2) is 4.98 Å². The first-order chi connectivity index (χ1) is 11.4. The van der Waals surface area contributed by atoms with Crippen LogP contribution >= 0.6 is 11.3 Å². The molecule has 2 aromatic rings. The Kier molecular flexibility index (Phi) is 5.11. The van der Waals surface area contributed by atoms with E-state index in [0.29, 0.717) is 0 Å². The minimum Gasteiger partial charge on any atom is -0.309 e. The molecular formula is C19H29N3OS. The highest BCUT2D eigenvalue weighted by Crippen LogP contribution is 2.30. The standard InChI is InChI=1S/C19H29N3OS/c1-11(2)15-7-6-9-22(10-8-15)13(4)17-20-18(23)16-12(3)14(5)24-19(16)21-17/h11,13,15H,6-10H2,1-5H3,(H,20,21,23)/t13-,15+/m1/s1. The van der Waals surface area contributed by atoms with Crippen LogP contribution < -0.4 is 5.56 Å². The number of aromatic amines is 1. The van der Waals surface area contributed by atoms with Crippen molar-refractivity contribution in [3.63, 3.8) is 0 Å². The fraction of sp³-hybridized carbons (Fsp3) is 0.684. The summed E-state index contributed by atoms with van der Waals surface area (Å²) >= 11 is 1.63. The average Bonchev–Trinajstić information content (AvgIpc) is 2.72. The molecular weight excluding hydrogens is 318 g/mol. The smallest absolute Gasteiger partial charge is 0.259 e. The molecule has 5 heteroatoms. The lowest BCUT2D eigenvalue weighted by molar-refractivity contribution is 0.205. The van der Waals surface area contributed by atoms with Gasteiger partial charge in [-0.3, -0.25) is 9.69 Å². The third-order valence-electron chi connectivity index (χ3n) is 5.75. The van der Waals surface area contributed by atoms with Gasteiger partial charge in [-0.15, -0.1) is 11.3 Å². The maximum absolute atomic E-state index is 12.5. The van der Waals surface area contributed by atoms with Crippen LogP contribution in [0.3, 0.4) is 0 Å². The van der Waals surface area contributed by atoms with Crippen molar-refractivity contribution in [2.45, 2.75) is 59.9 Å². The summed E-state index contributed by atoms with van der Waals surface area (Å²) in [5.41, 5.74) is 1.08. The highest BCUT2D eigenvalue weighted by atomic mass is 32.1. The summed E-state index contributed by atoms with van der Waals surface area (Å²) < 4.78 is 0. The topological polar surface area (TPSA) is 49.0 Å². The molecule has 4 nitrogen and oxygen atoms in total. The molecule has 0 unspecified atom stereocenters. The van der Waals surface area contributed by atoms with Crippen LogP contribution in [0.2, 0.25) is 0 Å². The number of nitrogens with one attached hydrogen (secondary N) is 1. The van der Waals surface area contributed by atoms with Crippen LogP contribution in [0.15, 0.2) is 4.79 Å². The number of hydrogen-bond donors (Lipinski definition) is 1. The van der Waals surface area contributed by atoms with Crippen molar-refractivity contribution in [2.75, 3.05) is 13.1 Å². The lowest BCUT2D eigenvalue weighted by Gasteiger charge is -2.27. The zero-order valence-corrected chi connectivity index (χ0v) is 16.3. The maximum Gasteiger partial charge on any atom is 0.259 e. The Hall–Kier alpha value is -1.20. The molecule has 1 aliphatic rings. The van der Waals surface area contributed by atoms with Gasteiger partial charge in [-0.2, -0.15) is 0 Å². The van der Waals surface area contributed by atoms with Crippen molar-refractivity contribution in [2.24, 2.45) is 11.8 Å². The number of hydrogen-bond acceptors (Lipinski definition) is 4. The number of aryl methyl sites for hydroxylation is 2. The van der Waals surface area contributed by atoms with Crippen LogP contribution in [-0.4, -0.2) is 28.0 Å². The Morgan fingerprint density at radius 2 is 1.96 bits per heavy atom. The van der Waals surface area contributed by atoms with Gasteiger partial charge in [0.15, 0.2) is 0 Å². The van der Waals surface area contributed by atoms with E-state index in [1.807, 2.05) is 6.92 Å². The first kappa shape index (κ1) is 17.6. The first-order valence-corrected chi connectivity index (χ1v) is 9.94. The summed E-state index contributed by atoms with van der Waals surface area (Å²) in [7, 11) is 0. The normalized spacial score (nSPS) is 21.3. The second-order valence-corrected chi connectivity index (χ2v) is 8.76. The molecule has 1 aliphatic heterocycles. The maximum atomic E-state index is 12.5. The van der Waals surface area contributed by atoms with Gasteiger partial charge >= 0.3 is 0 Å². The molecule has 3 rings (SSSR count). The van der Waals surface area contributed by atoms with E-state index in [-0.39, 0.29) is 11.6 Å². The SMILES string of the molecule is Cc1sc2nc([C@@H](C)N3CCC[C@H](C(C)C)CC3)[nH]c(=O)c2c1C. The third kappa shape index (κ3) is 3.29. The molecule has 1 fully saturated rings. The van der Waals surface area contributed by atoms with E-state index in [1.165, 1.54) is 24.1 Å². The molecule has 0 radical (unpaired) electrons. The highest BCUT2D eigenvalue weighted by Gasteiger charge is 2.25. The third-order valence-corrected chi connectivity index (χ3v) is 6.85. The molecule has 1 saturated heterocycles. The van der Waals surface area contributed by atoms with Gasteiger partial charge in [0.2, 0.25) is 0 Å². The van der Waals surface area contributed by atoms with Crippen LogP contribution in [-0.2, 0) is 0 Å². The monoisotopic (exact) mass is 347 g/mol. The highest BCUT2D eigenvalue weighted by molar-refractivity contribution is 7.18. The number of thiophene rings is 1. The van der Waals surface area contributed by atoms with Gasteiger partial charge in [-0.05, 0) is 70.5 Å². The molecule has 0 saturated carbocycles. The number of H-pyrrole nitrogens is 1. The van der Waals surface area contributed by atoms with Gasteiger partial charge in [-0.1, -0.05) is 13.8 Å². The van der Waals surface area contributed by atoms with Crippen molar-refractivity contribution < 1.29 is 0 Å². The van der Waals surface area contributed by atoms with E-state index in [9.17, 15) is 4.79 Å². The molecule has 3 heterocycles. The van der Waals surface area contributed by atoms with Crippen LogP contribution in [0.25, 0.3) is 10.2 Å². The summed E-state index contributed by atoms with van der Waals surface area (Å²) in [6.07, 6.45) is 3.79. The predicted molar refractivity (Wildman–Crippen MR) is 102 cm³/mol. The zero-order valence-electron chi connectivity index (χ0n) is 15.5. The van der Waals surface area contributed by atoms with E-state index in [2.05, 4.69) is 37.6 Å². The lowest BCUT2D eigenvalue weighted by atomic mass is 9.89. The van der Waals surface area contributed by atoms with Gasteiger partial charge in [0.25, 0.3) is 5.56 Å². The van der Waals surface area contributed by atoms with Gasteiger partial charge in [0.1, 0.15) is 10.7 Å². The fourth-order valence-corrected chi connectivity index (χ4v) is 4.88. The Labute approximate surface area is 148 Å². The summed E-state index contributed by atoms with van der Waals surface area (Å²) in [5, 5.41) is 0.768. The molecule has 2 atom stereocenters. The van der Waals surface area contributed by atoms with Crippen LogP contribution in [0.1, 0.15) is 62.3 Å². The second kappa shape index (κ2) is 6.96. The van der Waals surface area contributed by atoms with Crippen molar-refractivity contribution in [1.82, 2.24) is 14.9 Å². The van der Waals surface area contributed by atoms with E-state index >= 15 is 0 Å². The number of aromatic nitrogens is 2. The largest absolute Gasteiger partial charge is 0.309 e. The minimum absolute atomic E-state index is 0.0126. The van der Waals surface area contributed by atoms with Crippen LogP contribution in [0, 0.1) is 25.7 Å². The number of nitrogens with zero attached hydrogens (tertiary/aromatic N) is 2. The average molecular weight is 348 g/mol. The number of fused-ring (bicyclic) bond motifs is 1. The van der Waals surface area contributed by atoms with E-state index in [4.69, 9.17) is 4.98 Å². The molecule has 1 N–H and O–H groups in total. The minimum atomic E-state index is 0.0126. The Morgan fingerprint density at radius 3 is 2.67 bits per heavy atom. The molecule has 2 aromatic heterocycles. The summed E-state index contributed by atoms with van der Waals surface area (Å²) in [6, 6.07) is 0.163. The Balaban J connectivity index is 1.86. The van der Waals surface area contributed by atoms with Crippen molar-refractivity contribution in [3.8, 4) is 0 Å². The molecule has 0 bridgehead atoms. The quantitative estimate of drug-likeness (QED) is 0.894. The molecule has 0 spiro atoms. The van der Waals surface area contributed by atoms with E-state index in [0.717, 1.165) is 46.5 Å². The Bertz CT molecular complexity index is 777. The van der Waals surface area contributed by atoms with Crippen molar-refractivity contribution >= 4 is 21.6 Å². The zero-order chi connectivity index (χ0) is 17.4. The molecule has 0 aliphatic carbocycles. The Morgan fingerprint density at radius 1 is 1.21 bits per heavy atom. The summed E-state index contributed by atoms with van der Waals surface area (Å²) in [6.45, 7) is 13.1. The van der Waals surface area contributed by atoms with E-state index < -0.39 is 0 Å². The lowest BCUT2D eigenvalue weighted by Crippen LogP contribution is -2.30. The van der Waals surface area contributed by atoms with Crippen molar-refractivity contribution in [1.29, 1.82) is 0 Å². The summed E-state index contributed by atoms with van der Waals surface area (Å²) in [4.78, 5) is 24.9. The second-order valence-electron chi connectivity index (χ2n) is 7.56. The number of rotatable bonds is 3. The predicted octanol–water partition coefficient (Wildman–Crippen LogP) is 4.42. The van der Waals surface area contributed by atoms with Crippen molar-refractivity contribution in [3.05, 3.63) is 26.6 Å². The molecule has 0 aromatic carbocycles. The van der Waals surface area contributed by atoms with Crippen LogP contribution in [0.4, 0.5) is 0 Å². The van der Waals surface area contributed by atoms with E-state index in [1.54, 1.807) is 11.3 Å². The fourth-order valence-electron chi connectivity index (χ4n) is 3.84. The molecule has 132 valence electrons. The summed E-state index contributed by atoms with van der Waals surface area (Å²) in [5.74, 6) is 2.39. The first-order valence-electron chi connectivity index (χ1n) is 9.12. The van der Waals surface area contributed by atoms with Gasteiger partial charge in [0.05, 0.1) is 11.4 Å². The number of likely N-dealkylation sites (tertiary alicyclic amines) is 1. The van der Waals surface area contributed by atoms with Gasteiger partial charge in [0, 0.05) is 4.88 Å². The van der Waals surface area contributed by atoms with Crippen LogP contribution in [0.5, 0.6) is 0 Å². The molecule has 24 heavy (non-hydrogen) atoms. The van der Waals surface area contributed by atoms with Gasteiger partial charge < -0.3 is 4.98 Å².